The minimum Gasteiger partial charge on any atom is -0.493 e. The van der Waals surface area contributed by atoms with E-state index in [2.05, 4.69) is 26.2 Å². The van der Waals surface area contributed by atoms with Gasteiger partial charge in [0.2, 0.25) is 5.69 Å². The molecular weight excluding hydrogens is 582 g/mol. The number of nitrogens with zero attached hydrogens (tertiary/aromatic N) is 5. The average Bonchev–Trinajstić information content (AvgIpc) is 3.42. The lowest BCUT2D eigenvalue weighted by Crippen LogP contribution is -2.48. The second-order valence-corrected chi connectivity index (χ2v) is 11.2. The van der Waals surface area contributed by atoms with E-state index in [0.29, 0.717) is 67.0 Å². The van der Waals surface area contributed by atoms with E-state index in [-0.39, 0.29) is 19.1 Å². The van der Waals surface area contributed by atoms with Crippen molar-refractivity contribution in [3.8, 4) is 23.0 Å². The van der Waals surface area contributed by atoms with Crippen molar-refractivity contribution in [1.82, 2.24) is 19.4 Å². The molecule has 2 heterocycles. The lowest BCUT2D eigenvalue weighted by atomic mass is 10.1. The van der Waals surface area contributed by atoms with E-state index >= 15 is 0 Å². The quantitative estimate of drug-likeness (QED) is 0.134. The van der Waals surface area contributed by atoms with Gasteiger partial charge in [0.1, 0.15) is 35.4 Å². The Morgan fingerprint density at radius 3 is 2.52 bits per heavy atom. The van der Waals surface area contributed by atoms with Gasteiger partial charge < -0.3 is 28.8 Å². The Hall–Kier alpha value is -4.85. The molecular formula is C36H41N5O5. The largest absolute Gasteiger partial charge is 0.493 e. The third-order valence-electron chi connectivity index (χ3n) is 7.93. The van der Waals surface area contributed by atoms with Crippen molar-refractivity contribution in [2.24, 2.45) is 0 Å². The molecule has 1 fully saturated rings. The van der Waals surface area contributed by atoms with Crippen LogP contribution in [0.4, 0.5) is 5.69 Å². The van der Waals surface area contributed by atoms with Gasteiger partial charge in [0.25, 0.3) is 5.91 Å². The fourth-order valence-electron chi connectivity index (χ4n) is 5.39. The van der Waals surface area contributed by atoms with E-state index in [1.54, 1.807) is 24.3 Å². The number of imidazole rings is 1. The molecule has 1 aliphatic rings. The summed E-state index contributed by atoms with van der Waals surface area (Å²) in [6.07, 6.45) is 3.91. The highest BCUT2D eigenvalue weighted by Crippen LogP contribution is 2.34. The number of hydrogen-bond acceptors (Lipinski definition) is 7. The number of rotatable bonds is 14. The highest BCUT2D eigenvalue weighted by atomic mass is 16.5. The van der Waals surface area contributed by atoms with Gasteiger partial charge in [0, 0.05) is 51.5 Å². The molecule has 1 N–H and O–H groups in total. The number of ether oxygens (including phenoxy) is 3. The third kappa shape index (κ3) is 8.24. The molecule has 0 saturated carbocycles. The van der Waals surface area contributed by atoms with Crippen LogP contribution in [0.15, 0.2) is 72.9 Å². The lowest BCUT2D eigenvalue weighted by Gasteiger charge is -2.35. The van der Waals surface area contributed by atoms with Crippen molar-refractivity contribution >= 4 is 11.6 Å². The molecule has 46 heavy (non-hydrogen) atoms. The maximum atomic E-state index is 13.4. The topological polar surface area (TPSA) is 93.7 Å². The first-order chi connectivity index (χ1) is 22.5. The first-order valence-corrected chi connectivity index (χ1v) is 15.8. The van der Waals surface area contributed by atoms with Crippen molar-refractivity contribution in [2.45, 2.75) is 39.8 Å². The Bertz CT molecular complexity index is 1650. The predicted molar refractivity (Wildman–Crippen MR) is 176 cm³/mol. The maximum absolute atomic E-state index is 13.4. The maximum Gasteiger partial charge on any atom is 0.257 e. The molecule has 0 aliphatic carbocycles. The molecule has 1 amide bonds. The molecule has 4 aromatic rings. The average molecular weight is 624 g/mol. The van der Waals surface area contributed by atoms with Gasteiger partial charge in [0.05, 0.1) is 31.0 Å². The van der Waals surface area contributed by atoms with E-state index < -0.39 is 0 Å². The first-order valence-electron chi connectivity index (χ1n) is 15.8. The normalized spacial score (nSPS) is 13.3. The van der Waals surface area contributed by atoms with Crippen LogP contribution < -0.4 is 14.2 Å². The number of aromatic nitrogens is 2. The first kappa shape index (κ1) is 32.5. The molecule has 0 spiro atoms. The van der Waals surface area contributed by atoms with E-state index in [0.717, 1.165) is 43.0 Å². The van der Waals surface area contributed by atoms with Crippen LogP contribution in [0.1, 0.15) is 47.2 Å². The van der Waals surface area contributed by atoms with Crippen LogP contribution in [0.2, 0.25) is 0 Å². The number of carbonyl (C=O) groups is 1. The zero-order chi connectivity index (χ0) is 32.3. The van der Waals surface area contributed by atoms with Crippen molar-refractivity contribution in [1.29, 1.82) is 0 Å². The summed E-state index contributed by atoms with van der Waals surface area (Å²) in [4.78, 5) is 25.9. The summed E-state index contributed by atoms with van der Waals surface area (Å²) >= 11 is 0. The van der Waals surface area contributed by atoms with Crippen LogP contribution in [0, 0.1) is 13.5 Å². The molecule has 0 atom stereocenters. The lowest BCUT2D eigenvalue weighted by molar-refractivity contribution is 0.0621. The Balaban J connectivity index is 1.22. The van der Waals surface area contributed by atoms with Gasteiger partial charge in [-0.2, -0.15) is 0 Å². The van der Waals surface area contributed by atoms with Gasteiger partial charge in [-0.15, -0.1) is 0 Å². The third-order valence-corrected chi connectivity index (χ3v) is 7.93. The number of benzene rings is 3. The smallest absolute Gasteiger partial charge is 0.257 e. The summed E-state index contributed by atoms with van der Waals surface area (Å²) in [6.45, 7) is 16.5. The summed E-state index contributed by atoms with van der Waals surface area (Å²) < 4.78 is 19.7. The molecule has 10 heteroatoms. The molecule has 1 aromatic heterocycles. The van der Waals surface area contributed by atoms with E-state index in [1.807, 2.05) is 60.5 Å². The Labute approximate surface area is 270 Å². The second-order valence-electron chi connectivity index (χ2n) is 11.2. The number of unbranched alkanes of at least 4 members (excludes halogenated alkanes) is 1. The second kappa shape index (κ2) is 15.9. The van der Waals surface area contributed by atoms with Gasteiger partial charge in [-0.1, -0.05) is 43.7 Å². The minimum atomic E-state index is -0.0787. The summed E-state index contributed by atoms with van der Waals surface area (Å²) in [5.74, 6) is 3.15. The molecule has 3 aromatic carbocycles. The van der Waals surface area contributed by atoms with Crippen LogP contribution in [0.25, 0.3) is 4.85 Å². The number of hydrogen-bond donors (Lipinski definition) is 1. The monoisotopic (exact) mass is 623 g/mol. The van der Waals surface area contributed by atoms with E-state index in [1.165, 1.54) is 0 Å². The number of para-hydroxylation sites is 1. The number of amides is 1. The van der Waals surface area contributed by atoms with Gasteiger partial charge in [-0.25, -0.2) is 9.83 Å². The number of aliphatic hydroxyl groups is 1. The SMILES string of the molecule is [C-]#[N+]c1ccc(Cn2c(CN3CCN(C(=O)c4ccccc4OCCCC)CC3)cnc2C)cc1Oc1cccc(OCCO)c1. The van der Waals surface area contributed by atoms with Gasteiger partial charge >= 0.3 is 0 Å². The number of piperazine rings is 1. The summed E-state index contributed by atoms with van der Waals surface area (Å²) in [5, 5.41) is 9.06. The van der Waals surface area contributed by atoms with Crippen molar-refractivity contribution in [2.75, 3.05) is 46.0 Å². The van der Waals surface area contributed by atoms with E-state index in [4.69, 9.17) is 25.9 Å². The molecule has 0 bridgehead atoms. The molecule has 5 rings (SSSR count). The molecule has 1 aliphatic heterocycles. The standard InChI is InChI=1S/C36H41N5O5/c1-4-5-20-45-34-12-7-6-11-32(34)36(43)40-17-15-39(16-18-40)26-29-24-38-27(2)41(29)25-28-13-14-33(37-3)35(22-28)46-31-10-8-9-30(23-31)44-21-19-42/h6-14,22-24,42H,4-5,15-21,25-26H2,1-2H3. The summed E-state index contributed by atoms with van der Waals surface area (Å²) in [6, 6.07) is 20.3. The molecule has 10 nitrogen and oxygen atoms in total. The summed E-state index contributed by atoms with van der Waals surface area (Å²) in [7, 11) is 0. The zero-order valence-electron chi connectivity index (χ0n) is 26.5. The Kier molecular flexibility index (Phi) is 11.3. The fraction of sp³-hybridized carbons (Fsp3) is 0.361. The van der Waals surface area contributed by atoms with Crippen LogP contribution in [0.3, 0.4) is 0 Å². The predicted octanol–water partition coefficient (Wildman–Crippen LogP) is 6.09. The van der Waals surface area contributed by atoms with Crippen LogP contribution in [0.5, 0.6) is 23.0 Å². The molecule has 1 saturated heterocycles. The Morgan fingerprint density at radius 2 is 1.74 bits per heavy atom. The van der Waals surface area contributed by atoms with Gasteiger partial charge in [-0.3, -0.25) is 9.69 Å². The van der Waals surface area contributed by atoms with Gasteiger partial charge in [0.15, 0.2) is 0 Å². The highest BCUT2D eigenvalue weighted by Gasteiger charge is 2.25. The van der Waals surface area contributed by atoms with Crippen LogP contribution >= 0.6 is 0 Å². The number of aryl methyl sites for hydroxylation is 1. The van der Waals surface area contributed by atoms with Crippen molar-refractivity contribution in [3.05, 3.63) is 107 Å². The molecule has 240 valence electrons. The fourth-order valence-corrected chi connectivity index (χ4v) is 5.39. The molecule has 0 unspecified atom stereocenters. The molecule has 0 radical (unpaired) electrons. The highest BCUT2D eigenvalue weighted by molar-refractivity contribution is 5.97. The van der Waals surface area contributed by atoms with Crippen molar-refractivity contribution in [3.63, 3.8) is 0 Å². The minimum absolute atomic E-state index is 0.0120. The van der Waals surface area contributed by atoms with Crippen molar-refractivity contribution < 1.29 is 24.1 Å². The number of carbonyl (C=O) groups excluding carboxylic acids is 1. The van der Waals surface area contributed by atoms with Crippen LogP contribution in [-0.4, -0.2) is 76.4 Å². The summed E-state index contributed by atoms with van der Waals surface area (Å²) in [5.41, 5.74) is 3.09. The number of aliphatic hydroxyl groups excluding tert-OH is 1. The van der Waals surface area contributed by atoms with Crippen LogP contribution in [-0.2, 0) is 13.1 Å². The Morgan fingerprint density at radius 1 is 0.935 bits per heavy atom. The zero-order valence-corrected chi connectivity index (χ0v) is 26.5. The van der Waals surface area contributed by atoms with E-state index in [9.17, 15) is 4.79 Å². The van der Waals surface area contributed by atoms with Gasteiger partial charge in [-0.05, 0) is 49.2 Å².